The molecule has 2 atom stereocenters. The molecule has 11 nitrogen and oxygen atoms in total. The Morgan fingerprint density at radius 3 is 2.60 bits per heavy atom. The summed E-state index contributed by atoms with van der Waals surface area (Å²) in [5.41, 5.74) is 2.40. The van der Waals surface area contributed by atoms with Gasteiger partial charge in [-0.25, -0.2) is 19.7 Å². The summed E-state index contributed by atoms with van der Waals surface area (Å²) in [6.45, 7) is 20.5. The molecule has 1 amide bonds. The molecule has 1 fully saturated rings. The second-order valence-corrected chi connectivity index (χ2v) is 20.2. The minimum atomic E-state index is -2.14. The number of carbonyl (C=O) groups is 1. The van der Waals surface area contributed by atoms with Crippen molar-refractivity contribution in [1.82, 2.24) is 15.0 Å². The van der Waals surface area contributed by atoms with Crippen molar-refractivity contribution in [2.75, 3.05) is 36.6 Å². The van der Waals surface area contributed by atoms with E-state index in [-0.39, 0.29) is 11.1 Å². The molecule has 5 rings (SSSR count). The van der Waals surface area contributed by atoms with Crippen molar-refractivity contribution < 1.29 is 23.4 Å². The Morgan fingerprint density at radius 1 is 1.17 bits per heavy atom. The molecule has 0 spiro atoms. The van der Waals surface area contributed by atoms with Crippen LogP contribution in [0.3, 0.4) is 0 Å². The molecule has 3 aromatic rings. The van der Waals surface area contributed by atoms with Crippen LogP contribution in [0.2, 0.25) is 18.1 Å². The Kier molecular flexibility index (Phi) is 9.88. The lowest BCUT2D eigenvalue weighted by Crippen LogP contribution is -2.46. The van der Waals surface area contributed by atoms with E-state index in [9.17, 15) is 10.1 Å². The molecule has 0 bridgehead atoms. The third-order valence-corrected chi connectivity index (χ3v) is 13.7. The molecule has 0 radical (unpaired) electrons. The molecule has 0 aliphatic carbocycles. The first-order valence-electron chi connectivity index (χ1n) is 16.5. The molecular formula is C36H48N6O5Si. The number of amides is 1. The molecule has 2 aliphatic rings. The second kappa shape index (κ2) is 13.5. The molecule has 0 saturated carbocycles. The van der Waals surface area contributed by atoms with Gasteiger partial charge in [0, 0.05) is 43.1 Å². The number of rotatable bonds is 9. The zero-order valence-electron chi connectivity index (χ0n) is 29.6. The lowest BCUT2D eigenvalue weighted by atomic mass is 9.83. The average Bonchev–Trinajstić information content (AvgIpc) is 3.65. The van der Waals surface area contributed by atoms with Crippen molar-refractivity contribution in [3.05, 3.63) is 53.9 Å². The summed E-state index contributed by atoms with van der Waals surface area (Å²) in [5, 5.41) is 13.7. The van der Waals surface area contributed by atoms with Crippen molar-refractivity contribution in [2.45, 2.75) is 96.6 Å². The van der Waals surface area contributed by atoms with Crippen molar-refractivity contribution in [1.29, 1.82) is 5.26 Å². The van der Waals surface area contributed by atoms with Crippen LogP contribution in [0.5, 0.6) is 5.88 Å². The Balaban J connectivity index is 1.50. The number of hydrogen-bond acceptors (Lipinski definition) is 10. The van der Waals surface area contributed by atoms with Crippen LogP contribution < -0.4 is 15.0 Å². The Bertz CT molecular complexity index is 1690. The van der Waals surface area contributed by atoms with E-state index in [4.69, 9.17) is 23.6 Å². The van der Waals surface area contributed by atoms with Gasteiger partial charge in [-0.05, 0) is 87.6 Å². The average molecular weight is 673 g/mol. The number of nitriles is 1. The van der Waals surface area contributed by atoms with Gasteiger partial charge in [-0.1, -0.05) is 27.7 Å². The van der Waals surface area contributed by atoms with Crippen LogP contribution in [0.25, 0.3) is 11.3 Å². The fourth-order valence-corrected chi connectivity index (χ4v) is 6.65. The standard InChI is InChI=1S/C36H48N6O5Si/c1-34(2,3)47-33(43)42-22-36(7,23-46-48(8,9)35(4,5)6)27-19-24(18-25(20-37)30(27)42)28-14-16-39-32(40-28)41-29-13-10-15-38-31(29)45-21-26-12-11-17-44-26/h10,13-16,18-19,26H,11-12,17,21-23H2,1-9H3,(H,39,40,41)/t26-,36-/m1/s1. The van der Waals surface area contributed by atoms with Gasteiger partial charge < -0.3 is 24.0 Å². The number of anilines is 3. The van der Waals surface area contributed by atoms with E-state index in [1.807, 2.05) is 39.0 Å². The Morgan fingerprint density at radius 2 is 1.94 bits per heavy atom. The molecular weight excluding hydrogens is 625 g/mol. The molecule has 2 aromatic heterocycles. The summed E-state index contributed by atoms with van der Waals surface area (Å²) in [6.07, 6.45) is 4.89. The smallest absolute Gasteiger partial charge is 0.414 e. The van der Waals surface area contributed by atoms with E-state index >= 15 is 0 Å². The maximum Gasteiger partial charge on any atom is 0.414 e. The van der Waals surface area contributed by atoms with Crippen LogP contribution >= 0.6 is 0 Å². The zero-order valence-corrected chi connectivity index (χ0v) is 30.6. The van der Waals surface area contributed by atoms with Gasteiger partial charge in [0.1, 0.15) is 24.0 Å². The summed E-state index contributed by atoms with van der Waals surface area (Å²) >= 11 is 0. The van der Waals surface area contributed by atoms with Crippen molar-refractivity contribution in [2.24, 2.45) is 0 Å². The predicted octanol–water partition coefficient (Wildman–Crippen LogP) is 7.75. The van der Waals surface area contributed by atoms with E-state index in [1.54, 1.807) is 29.4 Å². The van der Waals surface area contributed by atoms with Crippen LogP contribution in [0.4, 0.5) is 22.1 Å². The van der Waals surface area contributed by atoms with Gasteiger partial charge in [-0.15, -0.1) is 0 Å². The fraction of sp³-hybridized carbons (Fsp3) is 0.528. The van der Waals surface area contributed by atoms with Gasteiger partial charge in [0.15, 0.2) is 8.32 Å². The van der Waals surface area contributed by atoms with E-state index in [2.05, 4.69) is 62.1 Å². The maximum atomic E-state index is 13.6. The van der Waals surface area contributed by atoms with Gasteiger partial charge in [-0.2, -0.15) is 5.26 Å². The Hall–Kier alpha value is -4.05. The number of aromatic nitrogens is 3. The van der Waals surface area contributed by atoms with Crippen LogP contribution in [0, 0.1) is 11.3 Å². The number of nitrogens with zero attached hydrogens (tertiary/aromatic N) is 5. The largest absolute Gasteiger partial charge is 0.473 e. The summed E-state index contributed by atoms with van der Waals surface area (Å²) in [6, 6.07) is 11.6. The van der Waals surface area contributed by atoms with Gasteiger partial charge in [0.25, 0.3) is 0 Å². The van der Waals surface area contributed by atoms with E-state index < -0.39 is 25.4 Å². The van der Waals surface area contributed by atoms with Gasteiger partial charge >= 0.3 is 6.09 Å². The number of benzene rings is 1. The fourth-order valence-electron chi connectivity index (χ4n) is 5.53. The van der Waals surface area contributed by atoms with Crippen molar-refractivity contribution >= 4 is 31.7 Å². The molecule has 48 heavy (non-hydrogen) atoms. The molecule has 1 saturated heterocycles. The minimum Gasteiger partial charge on any atom is -0.473 e. The number of nitrogens with one attached hydrogen (secondary N) is 1. The lowest BCUT2D eigenvalue weighted by molar-refractivity contribution is 0.0575. The number of pyridine rings is 1. The number of hydrogen-bond donors (Lipinski definition) is 1. The third kappa shape index (κ3) is 7.80. The third-order valence-electron chi connectivity index (χ3n) is 9.23. The molecule has 12 heteroatoms. The topological polar surface area (TPSA) is 132 Å². The normalized spacial score (nSPS) is 19.5. The highest BCUT2D eigenvalue weighted by atomic mass is 28.4. The lowest BCUT2D eigenvalue weighted by Gasteiger charge is -2.39. The summed E-state index contributed by atoms with van der Waals surface area (Å²) in [5.74, 6) is 0.784. The molecule has 256 valence electrons. The zero-order chi connectivity index (χ0) is 34.9. The number of ether oxygens (including phenoxy) is 3. The first kappa shape index (κ1) is 35.3. The minimum absolute atomic E-state index is 0.00310. The molecule has 1 N–H and O–H groups in total. The quantitative estimate of drug-likeness (QED) is 0.225. The highest BCUT2D eigenvalue weighted by Crippen LogP contribution is 2.47. The van der Waals surface area contributed by atoms with Crippen LogP contribution in [-0.4, -0.2) is 67.4 Å². The molecule has 2 aliphatic heterocycles. The summed E-state index contributed by atoms with van der Waals surface area (Å²) in [7, 11) is -2.14. The van der Waals surface area contributed by atoms with Gasteiger partial charge in [0.2, 0.25) is 11.8 Å². The molecule has 0 unspecified atom stereocenters. The Labute approximate surface area is 285 Å². The van der Waals surface area contributed by atoms with Gasteiger partial charge in [0.05, 0.1) is 23.0 Å². The van der Waals surface area contributed by atoms with E-state index in [0.717, 1.165) is 30.6 Å². The molecule has 1 aromatic carbocycles. The van der Waals surface area contributed by atoms with Gasteiger partial charge in [-0.3, -0.25) is 4.90 Å². The summed E-state index contributed by atoms with van der Waals surface area (Å²) < 4.78 is 24.3. The first-order chi connectivity index (χ1) is 22.5. The van der Waals surface area contributed by atoms with Crippen molar-refractivity contribution in [3.8, 4) is 23.2 Å². The van der Waals surface area contributed by atoms with Crippen LogP contribution in [-0.2, 0) is 19.3 Å². The predicted molar refractivity (Wildman–Crippen MR) is 188 cm³/mol. The van der Waals surface area contributed by atoms with Crippen LogP contribution in [0.1, 0.15) is 72.4 Å². The SMILES string of the molecule is CC(C)(C)OC(=O)N1C[C@](C)(CO[Si](C)(C)C(C)(C)C)c2cc(-c3ccnc(Nc4cccnc4OC[C@H]4CCCO4)n3)cc(C#N)c21. The highest BCUT2D eigenvalue weighted by Gasteiger charge is 2.47. The van der Waals surface area contributed by atoms with Crippen LogP contribution in [0.15, 0.2) is 42.7 Å². The number of carbonyl (C=O) groups excluding carboxylic acids is 1. The summed E-state index contributed by atoms with van der Waals surface area (Å²) in [4.78, 5) is 28.8. The first-order valence-corrected chi connectivity index (χ1v) is 19.4. The maximum absolute atomic E-state index is 13.6. The second-order valence-electron chi connectivity index (χ2n) is 15.4. The highest BCUT2D eigenvalue weighted by molar-refractivity contribution is 6.74. The van der Waals surface area contributed by atoms with E-state index in [1.165, 1.54) is 0 Å². The van der Waals surface area contributed by atoms with E-state index in [0.29, 0.717) is 54.2 Å². The van der Waals surface area contributed by atoms with Crippen molar-refractivity contribution in [3.63, 3.8) is 0 Å². The monoisotopic (exact) mass is 672 g/mol. The molecule has 4 heterocycles. The number of fused-ring (bicyclic) bond motifs is 1.